The Hall–Kier alpha value is -3.22. The largest absolute Gasteiger partial charge is 0.496 e. The molecular formula is C43H64N4O7. The summed E-state index contributed by atoms with van der Waals surface area (Å²) < 4.78 is 12.1. The van der Waals surface area contributed by atoms with Gasteiger partial charge in [-0.25, -0.2) is 0 Å². The number of nitrogens with one attached hydrogen (secondary N) is 2. The predicted octanol–water partition coefficient (Wildman–Crippen LogP) is 5.05. The average Bonchev–Trinajstić information content (AvgIpc) is 3.75. The van der Waals surface area contributed by atoms with Crippen LogP contribution in [-0.2, 0) is 22.6 Å². The Morgan fingerprint density at radius 3 is 2.48 bits per heavy atom. The first-order valence-electron chi connectivity index (χ1n) is 20.0. The minimum atomic E-state index is -0.897. The van der Waals surface area contributed by atoms with Crippen molar-refractivity contribution in [1.82, 2.24) is 20.6 Å². The molecule has 54 heavy (non-hydrogen) atoms. The van der Waals surface area contributed by atoms with Crippen molar-refractivity contribution < 1.29 is 34.1 Å². The van der Waals surface area contributed by atoms with Gasteiger partial charge in [-0.05, 0) is 99.6 Å². The molecule has 2 aromatic rings. The molecule has 11 heteroatoms. The Balaban J connectivity index is 1.30. The van der Waals surface area contributed by atoms with Crippen LogP contribution in [0, 0.1) is 35.0 Å². The highest BCUT2D eigenvalue weighted by Gasteiger charge is 2.57. The number of methoxy groups -OCH3 is 1. The second kappa shape index (κ2) is 16.1. The Morgan fingerprint density at radius 2 is 1.87 bits per heavy atom. The molecule has 0 spiro atoms. The van der Waals surface area contributed by atoms with Crippen LogP contribution in [-0.4, -0.2) is 103 Å². The zero-order chi connectivity index (χ0) is 39.2. The third-order valence-corrected chi connectivity index (χ3v) is 13.5. The summed E-state index contributed by atoms with van der Waals surface area (Å²) >= 11 is 0. The number of aliphatic hydroxyl groups is 2. The second-order valence-electron chi connectivity index (χ2n) is 17.8. The molecule has 5 aliphatic rings. The number of likely N-dealkylation sites (N-methyl/N-ethyl adjacent to an activating group) is 1. The van der Waals surface area contributed by atoms with Crippen molar-refractivity contribution in [2.75, 3.05) is 34.4 Å². The van der Waals surface area contributed by atoms with Gasteiger partial charge in [-0.15, -0.1) is 0 Å². The molecule has 298 valence electrons. The maximum atomic E-state index is 14.3. The Morgan fingerprint density at radius 1 is 1.13 bits per heavy atom. The SMILES string of the molecule is COc1c(CN2O[C@@H](CO)[C@@H]([C@H](C)O)[C@H]2C(=O)N[C@@H]2C[C@H]3C[C@@H]([C@@H]2C)C3(C)C)cccc1-c1cc2c(c(C(=O)N[C@@H](CC(C)C)C(C)N(C)C)c1)OCC2. The number of fused-ring (bicyclic) bond motifs is 3. The molecule has 11 nitrogen and oxygen atoms in total. The highest BCUT2D eigenvalue weighted by atomic mass is 16.7. The van der Waals surface area contributed by atoms with Crippen molar-refractivity contribution in [2.24, 2.45) is 35.0 Å². The van der Waals surface area contributed by atoms with Crippen molar-refractivity contribution in [2.45, 2.75) is 117 Å². The molecule has 4 fully saturated rings. The van der Waals surface area contributed by atoms with Crippen LogP contribution < -0.4 is 20.1 Å². The van der Waals surface area contributed by atoms with Crippen LogP contribution in [0.15, 0.2) is 30.3 Å². The molecule has 0 radical (unpaired) electrons. The van der Waals surface area contributed by atoms with Crippen molar-refractivity contribution in [3.05, 3.63) is 47.0 Å². The Bertz CT molecular complexity index is 1680. The number of para-hydroxylation sites is 1. The monoisotopic (exact) mass is 748 g/mol. The summed E-state index contributed by atoms with van der Waals surface area (Å²) in [5, 5.41) is 29.6. The van der Waals surface area contributed by atoms with Crippen LogP contribution in [0.3, 0.4) is 0 Å². The van der Waals surface area contributed by atoms with Gasteiger partial charge < -0.3 is 35.2 Å². The predicted molar refractivity (Wildman–Crippen MR) is 209 cm³/mol. The van der Waals surface area contributed by atoms with Crippen LogP contribution in [0.4, 0.5) is 0 Å². The molecule has 3 saturated carbocycles. The molecule has 1 saturated heterocycles. The van der Waals surface area contributed by atoms with Crippen LogP contribution >= 0.6 is 0 Å². The summed E-state index contributed by atoms with van der Waals surface area (Å²) in [6.07, 6.45) is 2.02. The summed E-state index contributed by atoms with van der Waals surface area (Å²) in [4.78, 5) is 36.8. The van der Waals surface area contributed by atoms with Gasteiger partial charge in [0.15, 0.2) is 0 Å². The number of carbonyl (C=O) groups is 2. The van der Waals surface area contributed by atoms with E-state index in [1.165, 1.54) is 6.42 Å². The van der Waals surface area contributed by atoms with E-state index in [0.717, 1.165) is 35.1 Å². The molecule has 10 atom stereocenters. The number of aliphatic hydroxyl groups excluding tert-OH is 2. The van der Waals surface area contributed by atoms with E-state index in [1.807, 2.05) is 38.4 Å². The summed E-state index contributed by atoms with van der Waals surface area (Å²) in [5.74, 6) is 2.08. The lowest BCUT2D eigenvalue weighted by molar-refractivity contribution is -0.183. The van der Waals surface area contributed by atoms with Gasteiger partial charge in [0.1, 0.15) is 23.6 Å². The Labute approximate surface area is 322 Å². The maximum absolute atomic E-state index is 14.3. The number of ether oxygens (including phenoxy) is 2. The van der Waals surface area contributed by atoms with Crippen LogP contribution in [0.25, 0.3) is 11.1 Å². The third-order valence-electron chi connectivity index (χ3n) is 13.5. The fraction of sp³-hybridized carbons (Fsp3) is 0.674. The number of hydrogen-bond donors (Lipinski definition) is 4. The molecule has 4 N–H and O–H groups in total. The van der Waals surface area contributed by atoms with Gasteiger partial charge in [0.25, 0.3) is 5.91 Å². The number of rotatable bonds is 14. The van der Waals surface area contributed by atoms with Gasteiger partial charge in [0, 0.05) is 41.6 Å². The summed E-state index contributed by atoms with van der Waals surface area (Å²) in [6.45, 7) is 15.4. The van der Waals surface area contributed by atoms with Gasteiger partial charge in [-0.3, -0.25) is 14.4 Å². The first-order valence-corrected chi connectivity index (χ1v) is 20.0. The lowest BCUT2D eigenvalue weighted by Crippen LogP contribution is -2.62. The molecule has 7 rings (SSSR count). The van der Waals surface area contributed by atoms with E-state index in [2.05, 4.69) is 63.1 Å². The van der Waals surface area contributed by atoms with E-state index in [-0.39, 0.29) is 48.5 Å². The molecule has 2 aliphatic heterocycles. The van der Waals surface area contributed by atoms with Gasteiger partial charge in [0.05, 0.1) is 38.5 Å². The van der Waals surface area contributed by atoms with E-state index in [9.17, 15) is 19.8 Å². The van der Waals surface area contributed by atoms with Crippen molar-refractivity contribution in [3.63, 3.8) is 0 Å². The quantitative estimate of drug-likeness (QED) is 0.210. The summed E-state index contributed by atoms with van der Waals surface area (Å²) in [5.41, 5.74) is 4.13. The number of benzene rings is 2. The van der Waals surface area contributed by atoms with E-state index in [1.54, 1.807) is 19.1 Å². The highest BCUT2D eigenvalue weighted by molar-refractivity contribution is 5.99. The first-order chi connectivity index (χ1) is 25.6. The molecular weight excluding hydrogens is 684 g/mol. The first kappa shape index (κ1) is 40.4. The standard InChI is InChI=1S/C43H64N4O7/c1-23(2)16-35(25(4)46(8)9)45-41(50)32-18-29(17-27-14-15-53-40(27)32)31-13-11-12-28(39(31)52-10)21-47-38(37(26(5)49)36(22-48)54-47)42(51)44-34-20-30-19-33(24(34)3)43(30,6)7/h11-13,17-18,23-26,30,33-38,48-49H,14-16,19-22H2,1-10H3,(H,44,51)(H,45,50)/t24-,25?,26-,30+,33-,34+,35-,36-,37+,38-/m0/s1. The van der Waals surface area contributed by atoms with Crippen molar-refractivity contribution >= 4 is 11.8 Å². The number of hydroxylamine groups is 2. The van der Waals surface area contributed by atoms with Crippen molar-refractivity contribution in [3.8, 4) is 22.6 Å². The smallest absolute Gasteiger partial charge is 0.255 e. The lowest BCUT2D eigenvalue weighted by atomic mass is 9.45. The average molecular weight is 749 g/mol. The van der Waals surface area contributed by atoms with Crippen molar-refractivity contribution in [1.29, 1.82) is 0 Å². The van der Waals surface area contributed by atoms with Gasteiger partial charge in [-0.1, -0.05) is 52.8 Å². The molecule has 2 bridgehead atoms. The number of carbonyl (C=O) groups excluding carboxylic acids is 2. The van der Waals surface area contributed by atoms with Crippen LogP contribution in [0.2, 0.25) is 0 Å². The number of amides is 2. The topological polar surface area (TPSA) is 133 Å². The second-order valence-corrected chi connectivity index (χ2v) is 17.8. The molecule has 3 aliphatic carbocycles. The zero-order valence-corrected chi connectivity index (χ0v) is 34.0. The summed E-state index contributed by atoms with van der Waals surface area (Å²) in [7, 11) is 5.68. The molecule has 2 aromatic carbocycles. The highest BCUT2D eigenvalue weighted by Crippen LogP contribution is 2.61. The molecule has 0 aromatic heterocycles. The third kappa shape index (κ3) is 7.63. The maximum Gasteiger partial charge on any atom is 0.255 e. The van der Waals surface area contributed by atoms with E-state index in [4.69, 9.17) is 14.3 Å². The van der Waals surface area contributed by atoms with Gasteiger partial charge in [0.2, 0.25) is 5.91 Å². The van der Waals surface area contributed by atoms with Crippen LogP contribution in [0.1, 0.15) is 89.2 Å². The molecule has 1 unspecified atom stereocenters. The lowest BCUT2D eigenvalue weighted by Gasteiger charge is -2.62. The normalized spacial score (nSPS) is 28.9. The molecule has 2 heterocycles. The fourth-order valence-corrected chi connectivity index (χ4v) is 9.95. The van der Waals surface area contributed by atoms with E-state index < -0.39 is 24.2 Å². The Kier molecular flexibility index (Phi) is 12.1. The zero-order valence-electron chi connectivity index (χ0n) is 34.0. The molecule has 2 amide bonds. The minimum Gasteiger partial charge on any atom is -0.496 e. The minimum absolute atomic E-state index is 0.0405. The van der Waals surface area contributed by atoms with Gasteiger partial charge >= 0.3 is 0 Å². The van der Waals surface area contributed by atoms with Gasteiger partial charge in [-0.2, -0.15) is 5.06 Å². The number of hydrogen-bond acceptors (Lipinski definition) is 9. The van der Waals surface area contributed by atoms with E-state index >= 15 is 0 Å². The summed E-state index contributed by atoms with van der Waals surface area (Å²) in [6, 6.07) is 9.09. The fourth-order valence-electron chi connectivity index (χ4n) is 9.95. The number of nitrogens with zero attached hydrogens (tertiary/aromatic N) is 2. The van der Waals surface area contributed by atoms with E-state index in [0.29, 0.717) is 53.8 Å². The van der Waals surface area contributed by atoms with Crippen LogP contribution in [0.5, 0.6) is 11.5 Å².